The van der Waals surface area contributed by atoms with Crippen LogP contribution in [0.25, 0.3) is 0 Å². The van der Waals surface area contributed by atoms with E-state index in [1.165, 1.54) is 13.2 Å². The Labute approximate surface area is 101 Å². The van der Waals surface area contributed by atoms with Gasteiger partial charge in [0.1, 0.15) is 6.04 Å². The van der Waals surface area contributed by atoms with Gasteiger partial charge in [-0.2, -0.15) is 0 Å². The van der Waals surface area contributed by atoms with Crippen LogP contribution in [0.15, 0.2) is 29.2 Å². The van der Waals surface area contributed by atoms with E-state index in [0.717, 1.165) is 6.26 Å². The van der Waals surface area contributed by atoms with Crippen LogP contribution in [-0.2, 0) is 19.4 Å². The van der Waals surface area contributed by atoms with Gasteiger partial charge in [0.2, 0.25) is 0 Å². The van der Waals surface area contributed by atoms with Gasteiger partial charge < -0.3 is 10.1 Å². The largest absolute Gasteiger partial charge is 0.467 e. The van der Waals surface area contributed by atoms with E-state index in [4.69, 9.17) is 0 Å². The highest BCUT2D eigenvalue weighted by Gasteiger charge is 2.17. The smallest absolute Gasteiger partial charge is 0.327 e. The average molecular weight is 257 g/mol. The molecule has 0 spiro atoms. The van der Waals surface area contributed by atoms with Gasteiger partial charge in [-0.05, 0) is 19.1 Å². The Morgan fingerprint density at radius 2 is 1.94 bits per heavy atom. The van der Waals surface area contributed by atoms with Crippen LogP contribution in [0.3, 0.4) is 0 Å². The maximum absolute atomic E-state index is 11.5. The second-order valence-corrected chi connectivity index (χ2v) is 5.64. The van der Waals surface area contributed by atoms with Crippen molar-refractivity contribution in [2.24, 2.45) is 0 Å². The maximum atomic E-state index is 11.5. The first-order valence-corrected chi connectivity index (χ1v) is 6.89. The van der Waals surface area contributed by atoms with E-state index in [1.54, 1.807) is 25.1 Å². The lowest BCUT2D eigenvalue weighted by molar-refractivity contribution is -0.141. The van der Waals surface area contributed by atoms with Crippen LogP contribution in [0, 0.1) is 0 Å². The lowest BCUT2D eigenvalue weighted by Gasteiger charge is -2.15. The Morgan fingerprint density at radius 1 is 1.35 bits per heavy atom. The number of methoxy groups -OCH3 is 1. The van der Waals surface area contributed by atoms with E-state index in [9.17, 15) is 13.2 Å². The first-order chi connectivity index (χ1) is 7.86. The Balaban J connectivity index is 3.04. The number of carbonyl (C=O) groups excluding carboxylic acids is 1. The zero-order valence-corrected chi connectivity index (χ0v) is 10.7. The van der Waals surface area contributed by atoms with Gasteiger partial charge in [0.25, 0.3) is 0 Å². The van der Waals surface area contributed by atoms with E-state index in [0.29, 0.717) is 5.69 Å². The number of sulfone groups is 1. The van der Waals surface area contributed by atoms with E-state index >= 15 is 0 Å². The predicted octanol–water partition coefficient (Wildman–Crippen LogP) is 1.06. The molecule has 0 radical (unpaired) electrons. The number of benzene rings is 1. The van der Waals surface area contributed by atoms with Crippen molar-refractivity contribution in [3.05, 3.63) is 24.3 Å². The Hall–Kier alpha value is -1.56. The lowest BCUT2D eigenvalue weighted by atomic mass is 10.2. The summed E-state index contributed by atoms with van der Waals surface area (Å²) < 4.78 is 27.6. The number of esters is 1. The fourth-order valence-corrected chi connectivity index (χ4v) is 2.23. The highest BCUT2D eigenvalue weighted by atomic mass is 32.2. The average Bonchev–Trinajstić information content (AvgIpc) is 2.27. The molecular formula is C11H15NO4S. The van der Waals surface area contributed by atoms with Gasteiger partial charge in [-0.25, -0.2) is 13.2 Å². The highest BCUT2D eigenvalue weighted by molar-refractivity contribution is 7.90. The van der Waals surface area contributed by atoms with Gasteiger partial charge in [0, 0.05) is 6.26 Å². The van der Waals surface area contributed by atoms with Gasteiger partial charge in [0.05, 0.1) is 17.7 Å². The quantitative estimate of drug-likeness (QED) is 0.817. The molecule has 1 unspecified atom stereocenters. The van der Waals surface area contributed by atoms with Gasteiger partial charge in [-0.3, -0.25) is 0 Å². The summed E-state index contributed by atoms with van der Waals surface area (Å²) in [5.41, 5.74) is 0.396. The molecule has 0 bridgehead atoms. The second kappa shape index (κ2) is 5.18. The number of hydrogen-bond acceptors (Lipinski definition) is 5. The molecule has 0 aliphatic heterocycles. The Kier molecular flexibility index (Phi) is 4.11. The van der Waals surface area contributed by atoms with E-state index in [-0.39, 0.29) is 4.90 Å². The van der Waals surface area contributed by atoms with Crippen LogP contribution in [0.2, 0.25) is 0 Å². The van der Waals surface area contributed by atoms with Gasteiger partial charge in [-0.1, -0.05) is 12.1 Å². The van der Waals surface area contributed by atoms with Crippen molar-refractivity contribution in [1.29, 1.82) is 0 Å². The van der Waals surface area contributed by atoms with Crippen molar-refractivity contribution in [1.82, 2.24) is 0 Å². The number of rotatable bonds is 4. The van der Waals surface area contributed by atoms with Crippen LogP contribution in [0.1, 0.15) is 6.92 Å². The molecule has 0 heterocycles. The topological polar surface area (TPSA) is 72.5 Å². The molecular weight excluding hydrogens is 242 g/mol. The number of para-hydroxylation sites is 1. The number of nitrogens with one attached hydrogen (secondary N) is 1. The Morgan fingerprint density at radius 3 is 2.47 bits per heavy atom. The molecule has 0 aliphatic rings. The third-order valence-corrected chi connectivity index (χ3v) is 3.37. The molecule has 94 valence electrons. The van der Waals surface area contributed by atoms with Crippen molar-refractivity contribution < 1.29 is 17.9 Å². The zero-order chi connectivity index (χ0) is 13.1. The molecule has 1 rings (SSSR count). The van der Waals surface area contributed by atoms with Gasteiger partial charge in [-0.15, -0.1) is 0 Å². The van der Waals surface area contributed by atoms with E-state index in [2.05, 4.69) is 10.1 Å². The van der Waals surface area contributed by atoms with E-state index < -0.39 is 21.8 Å². The fraction of sp³-hybridized carbons (Fsp3) is 0.364. The number of anilines is 1. The summed E-state index contributed by atoms with van der Waals surface area (Å²) in [5.74, 6) is -0.451. The molecule has 0 amide bonds. The number of hydrogen-bond donors (Lipinski definition) is 1. The SMILES string of the molecule is COC(=O)C(C)Nc1ccccc1S(C)(=O)=O. The second-order valence-electron chi connectivity index (χ2n) is 3.66. The van der Waals surface area contributed by atoms with Crippen LogP contribution in [0.4, 0.5) is 5.69 Å². The molecule has 0 aliphatic carbocycles. The molecule has 1 aromatic rings. The summed E-state index contributed by atoms with van der Waals surface area (Å²) in [5, 5.41) is 2.81. The van der Waals surface area contributed by atoms with Crippen LogP contribution in [0.5, 0.6) is 0 Å². The predicted molar refractivity (Wildman–Crippen MR) is 64.7 cm³/mol. The highest BCUT2D eigenvalue weighted by Crippen LogP contribution is 2.21. The summed E-state index contributed by atoms with van der Waals surface area (Å²) >= 11 is 0. The third-order valence-electron chi connectivity index (χ3n) is 2.21. The fourth-order valence-electron chi connectivity index (χ4n) is 1.38. The number of carbonyl (C=O) groups is 1. The summed E-state index contributed by atoms with van der Waals surface area (Å²) in [7, 11) is -2.05. The molecule has 0 saturated carbocycles. The first kappa shape index (κ1) is 13.5. The zero-order valence-electron chi connectivity index (χ0n) is 9.93. The maximum Gasteiger partial charge on any atom is 0.327 e. The van der Waals surface area contributed by atoms with E-state index in [1.807, 2.05) is 0 Å². The molecule has 1 aromatic carbocycles. The molecule has 5 nitrogen and oxygen atoms in total. The third kappa shape index (κ3) is 3.45. The van der Waals surface area contributed by atoms with Gasteiger partial charge in [0.15, 0.2) is 9.84 Å². The molecule has 0 saturated heterocycles. The number of ether oxygens (including phenoxy) is 1. The van der Waals surface area contributed by atoms with Crippen molar-refractivity contribution >= 4 is 21.5 Å². The summed E-state index contributed by atoms with van der Waals surface area (Å²) in [4.78, 5) is 11.4. The molecule has 0 aromatic heterocycles. The molecule has 17 heavy (non-hydrogen) atoms. The minimum atomic E-state index is -3.33. The summed E-state index contributed by atoms with van der Waals surface area (Å²) in [6, 6.07) is 5.81. The summed E-state index contributed by atoms with van der Waals surface area (Å²) in [6.45, 7) is 1.60. The normalized spacial score (nSPS) is 12.9. The van der Waals surface area contributed by atoms with Crippen molar-refractivity contribution in [2.75, 3.05) is 18.7 Å². The minimum Gasteiger partial charge on any atom is -0.467 e. The van der Waals surface area contributed by atoms with Crippen molar-refractivity contribution in [2.45, 2.75) is 17.9 Å². The lowest BCUT2D eigenvalue weighted by Crippen LogP contribution is -2.27. The van der Waals surface area contributed by atoms with Crippen molar-refractivity contribution in [3.63, 3.8) is 0 Å². The summed E-state index contributed by atoms with van der Waals surface area (Å²) in [6.07, 6.45) is 1.12. The van der Waals surface area contributed by atoms with Crippen LogP contribution >= 0.6 is 0 Å². The monoisotopic (exact) mass is 257 g/mol. The Bertz CT molecular complexity index is 510. The molecule has 1 atom stereocenters. The standard InChI is InChI=1S/C11H15NO4S/c1-8(11(13)16-2)12-9-6-4-5-7-10(9)17(3,14)15/h4-8,12H,1-3H3. The molecule has 1 N–H and O–H groups in total. The van der Waals surface area contributed by atoms with Gasteiger partial charge >= 0.3 is 5.97 Å². The van der Waals surface area contributed by atoms with Crippen LogP contribution < -0.4 is 5.32 Å². The first-order valence-electron chi connectivity index (χ1n) is 4.99. The minimum absolute atomic E-state index is 0.163. The molecule has 0 fully saturated rings. The van der Waals surface area contributed by atoms with Crippen molar-refractivity contribution in [3.8, 4) is 0 Å². The van der Waals surface area contributed by atoms with Crippen LogP contribution in [-0.4, -0.2) is 33.8 Å². The molecule has 6 heteroatoms.